The molecule has 0 amide bonds. The Balaban J connectivity index is 1.91. The number of nitrogens with two attached hydrogens (primary N) is 1. The number of benzene rings is 1. The van der Waals surface area contributed by atoms with E-state index in [1.54, 1.807) is 6.20 Å². The Bertz CT molecular complexity index is 470. The number of rotatable bonds is 5. The van der Waals surface area contributed by atoms with Gasteiger partial charge >= 0.3 is 0 Å². The highest BCUT2D eigenvalue weighted by Crippen LogP contribution is 2.18. The van der Waals surface area contributed by atoms with Crippen molar-refractivity contribution in [2.24, 2.45) is 5.84 Å². The molecule has 0 spiro atoms. The fraction of sp³-hybridized carbons (Fsp3) is 0.214. The van der Waals surface area contributed by atoms with Gasteiger partial charge in [0.15, 0.2) is 0 Å². The summed E-state index contributed by atoms with van der Waals surface area (Å²) < 4.78 is 5.80. The number of nitrogens with zero attached hydrogens (tertiary/aromatic N) is 1. The Labute approximate surface area is 107 Å². The van der Waals surface area contributed by atoms with Gasteiger partial charge in [-0.05, 0) is 24.1 Å². The summed E-state index contributed by atoms with van der Waals surface area (Å²) in [5.74, 6) is 5.90. The summed E-state index contributed by atoms with van der Waals surface area (Å²) in [5, 5.41) is 0. The predicted molar refractivity (Wildman–Crippen MR) is 71.7 cm³/mol. The van der Waals surface area contributed by atoms with E-state index in [1.807, 2.05) is 37.3 Å². The van der Waals surface area contributed by atoms with Crippen molar-refractivity contribution >= 4 is 5.82 Å². The second kappa shape index (κ2) is 6.14. The highest BCUT2D eigenvalue weighted by molar-refractivity contribution is 5.33. The molecular weight excluding hydrogens is 226 g/mol. The molecule has 0 saturated carbocycles. The summed E-state index contributed by atoms with van der Waals surface area (Å²) in [6.07, 6.45) is 1.82. The molecule has 4 nitrogen and oxygen atoms in total. The van der Waals surface area contributed by atoms with Gasteiger partial charge in [0, 0.05) is 6.20 Å². The van der Waals surface area contributed by atoms with Crippen LogP contribution < -0.4 is 11.3 Å². The van der Waals surface area contributed by atoms with Gasteiger partial charge in [-0.15, -0.1) is 0 Å². The molecule has 1 unspecified atom stereocenters. The number of anilines is 1. The van der Waals surface area contributed by atoms with Crippen LogP contribution in [0.1, 0.15) is 24.2 Å². The van der Waals surface area contributed by atoms with Crippen molar-refractivity contribution in [2.75, 3.05) is 5.43 Å². The van der Waals surface area contributed by atoms with Crippen molar-refractivity contribution in [1.82, 2.24) is 4.98 Å². The zero-order chi connectivity index (χ0) is 12.8. The molecule has 0 fully saturated rings. The summed E-state index contributed by atoms with van der Waals surface area (Å²) in [4.78, 5) is 4.13. The van der Waals surface area contributed by atoms with Crippen molar-refractivity contribution in [2.45, 2.75) is 19.6 Å². The minimum Gasteiger partial charge on any atom is -0.369 e. The molecule has 1 aromatic carbocycles. The molecule has 1 heterocycles. The van der Waals surface area contributed by atoms with E-state index in [1.165, 1.54) is 5.56 Å². The van der Waals surface area contributed by atoms with Gasteiger partial charge in [0.2, 0.25) is 0 Å². The SMILES string of the molecule is CC(OCc1ccc(NN)nc1)c1ccccc1. The molecule has 2 rings (SSSR count). The number of hydrazine groups is 1. The fourth-order valence-electron chi connectivity index (χ4n) is 1.64. The van der Waals surface area contributed by atoms with Crippen LogP contribution in [0.3, 0.4) is 0 Å². The summed E-state index contributed by atoms with van der Waals surface area (Å²) in [7, 11) is 0. The molecule has 0 radical (unpaired) electrons. The lowest BCUT2D eigenvalue weighted by atomic mass is 10.1. The van der Waals surface area contributed by atoms with E-state index in [9.17, 15) is 0 Å². The monoisotopic (exact) mass is 243 g/mol. The van der Waals surface area contributed by atoms with E-state index in [2.05, 4.69) is 22.5 Å². The third-order valence-corrected chi connectivity index (χ3v) is 2.74. The van der Waals surface area contributed by atoms with E-state index in [0.29, 0.717) is 12.4 Å². The molecule has 0 aliphatic rings. The molecule has 94 valence electrons. The molecule has 1 aromatic heterocycles. The summed E-state index contributed by atoms with van der Waals surface area (Å²) in [5.41, 5.74) is 4.69. The van der Waals surface area contributed by atoms with Crippen LogP contribution in [0, 0.1) is 0 Å². The minimum atomic E-state index is 0.0681. The summed E-state index contributed by atoms with van der Waals surface area (Å²) in [6.45, 7) is 2.58. The third kappa shape index (κ3) is 3.29. The number of pyridine rings is 1. The van der Waals surface area contributed by atoms with Gasteiger partial charge in [0.1, 0.15) is 5.82 Å². The van der Waals surface area contributed by atoms with E-state index in [-0.39, 0.29) is 6.10 Å². The van der Waals surface area contributed by atoms with Crippen molar-refractivity contribution in [3.8, 4) is 0 Å². The Kier molecular flexibility index (Phi) is 4.28. The lowest BCUT2D eigenvalue weighted by Crippen LogP contribution is -2.08. The van der Waals surface area contributed by atoms with Crippen LogP contribution in [0.2, 0.25) is 0 Å². The predicted octanol–water partition coefficient (Wildman–Crippen LogP) is 2.65. The quantitative estimate of drug-likeness (QED) is 0.626. The number of ether oxygens (including phenoxy) is 1. The van der Waals surface area contributed by atoms with Crippen molar-refractivity contribution in [3.05, 3.63) is 59.8 Å². The van der Waals surface area contributed by atoms with Crippen LogP contribution >= 0.6 is 0 Å². The first kappa shape index (κ1) is 12.5. The second-order valence-electron chi connectivity index (χ2n) is 4.06. The summed E-state index contributed by atoms with van der Waals surface area (Å²) >= 11 is 0. The molecule has 1 atom stereocenters. The zero-order valence-electron chi connectivity index (χ0n) is 10.3. The van der Waals surface area contributed by atoms with Gasteiger partial charge in [-0.3, -0.25) is 0 Å². The van der Waals surface area contributed by atoms with Gasteiger partial charge in [-0.25, -0.2) is 10.8 Å². The largest absolute Gasteiger partial charge is 0.369 e. The number of aromatic nitrogens is 1. The molecule has 2 aromatic rings. The molecule has 0 aliphatic heterocycles. The topological polar surface area (TPSA) is 60.2 Å². The second-order valence-corrected chi connectivity index (χ2v) is 4.06. The van der Waals surface area contributed by atoms with E-state index < -0.39 is 0 Å². The highest BCUT2D eigenvalue weighted by Gasteiger charge is 2.05. The average molecular weight is 243 g/mol. The van der Waals surface area contributed by atoms with Gasteiger partial charge in [0.05, 0.1) is 12.7 Å². The smallest absolute Gasteiger partial charge is 0.139 e. The average Bonchev–Trinajstić information content (AvgIpc) is 2.46. The Morgan fingerprint density at radius 2 is 2.00 bits per heavy atom. The Morgan fingerprint density at radius 3 is 2.61 bits per heavy atom. The molecule has 4 heteroatoms. The molecule has 0 saturated heterocycles. The number of nitrogen functional groups attached to an aromatic ring is 1. The van der Waals surface area contributed by atoms with Crippen LogP contribution in [-0.2, 0) is 11.3 Å². The first-order valence-electron chi connectivity index (χ1n) is 5.87. The highest BCUT2D eigenvalue weighted by atomic mass is 16.5. The van der Waals surface area contributed by atoms with E-state index in [4.69, 9.17) is 10.6 Å². The minimum absolute atomic E-state index is 0.0681. The van der Waals surface area contributed by atoms with Gasteiger partial charge < -0.3 is 10.2 Å². The number of hydrogen-bond acceptors (Lipinski definition) is 4. The maximum atomic E-state index is 5.80. The van der Waals surface area contributed by atoms with Gasteiger partial charge in [-0.2, -0.15) is 0 Å². The van der Waals surface area contributed by atoms with Crippen LogP contribution in [0.15, 0.2) is 48.7 Å². The first-order valence-corrected chi connectivity index (χ1v) is 5.87. The normalized spacial score (nSPS) is 12.1. The maximum Gasteiger partial charge on any atom is 0.139 e. The van der Waals surface area contributed by atoms with Crippen LogP contribution in [0.4, 0.5) is 5.82 Å². The maximum absolute atomic E-state index is 5.80. The van der Waals surface area contributed by atoms with Crippen molar-refractivity contribution in [1.29, 1.82) is 0 Å². The first-order chi connectivity index (χ1) is 8.79. The number of hydrogen-bond donors (Lipinski definition) is 2. The zero-order valence-corrected chi connectivity index (χ0v) is 10.3. The van der Waals surface area contributed by atoms with Crippen molar-refractivity contribution < 1.29 is 4.74 Å². The Hall–Kier alpha value is -1.91. The number of nitrogens with one attached hydrogen (secondary N) is 1. The third-order valence-electron chi connectivity index (χ3n) is 2.74. The van der Waals surface area contributed by atoms with Crippen LogP contribution in [0.25, 0.3) is 0 Å². The van der Waals surface area contributed by atoms with Crippen molar-refractivity contribution in [3.63, 3.8) is 0 Å². The molecule has 18 heavy (non-hydrogen) atoms. The van der Waals surface area contributed by atoms with E-state index >= 15 is 0 Å². The standard InChI is InChI=1S/C14H17N3O/c1-11(13-5-3-2-4-6-13)18-10-12-7-8-14(17-15)16-9-12/h2-9,11H,10,15H2,1H3,(H,16,17). The molecular formula is C14H17N3O. The molecule has 0 bridgehead atoms. The molecule has 0 aliphatic carbocycles. The van der Waals surface area contributed by atoms with Crippen LogP contribution in [0.5, 0.6) is 0 Å². The van der Waals surface area contributed by atoms with Crippen LogP contribution in [-0.4, -0.2) is 4.98 Å². The molecule has 3 N–H and O–H groups in total. The summed E-state index contributed by atoms with van der Waals surface area (Å²) in [6, 6.07) is 13.9. The lowest BCUT2D eigenvalue weighted by Gasteiger charge is -2.13. The fourth-order valence-corrected chi connectivity index (χ4v) is 1.64. The Morgan fingerprint density at radius 1 is 1.22 bits per heavy atom. The van der Waals surface area contributed by atoms with Gasteiger partial charge in [-0.1, -0.05) is 36.4 Å². The van der Waals surface area contributed by atoms with E-state index in [0.717, 1.165) is 5.56 Å². The lowest BCUT2D eigenvalue weighted by molar-refractivity contribution is 0.0524. The van der Waals surface area contributed by atoms with Gasteiger partial charge in [0.25, 0.3) is 0 Å².